The van der Waals surface area contributed by atoms with E-state index in [0.29, 0.717) is 31.5 Å². The van der Waals surface area contributed by atoms with E-state index in [1.165, 1.54) is 19.3 Å². The maximum Gasteiger partial charge on any atom is 0.303 e. The molecule has 10 nitrogen and oxygen atoms in total. The van der Waals surface area contributed by atoms with Crippen LogP contribution in [0, 0.1) is 11.8 Å². The van der Waals surface area contributed by atoms with Gasteiger partial charge in [-0.25, -0.2) is 0 Å². The average molecular weight is 754 g/mol. The Morgan fingerprint density at radius 3 is 2.29 bits per heavy atom. The smallest absolute Gasteiger partial charge is 0.303 e. The van der Waals surface area contributed by atoms with E-state index in [2.05, 4.69) is 40.7 Å². The van der Waals surface area contributed by atoms with E-state index in [1.807, 2.05) is 75.4 Å². The first-order chi connectivity index (χ1) is 26.4. The summed E-state index contributed by atoms with van der Waals surface area (Å²) in [5, 5.41) is 24.8. The van der Waals surface area contributed by atoms with Crippen molar-refractivity contribution in [2.75, 3.05) is 6.54 Å². The summed E-state index contributed by atoms with van der Waals surface area (Å²) in [6.45, 7) is 9.24. The Hall–Kier alpha value is -4.09. The summed E-state index contributed by atoms with van der Waals surface area (Å²) in [5.74, 6) is -0.424. The molecule has 3 aromatic carbocycles. The first kappa shape index (κ1) is 40.6. The van der Waals surface area contributed by atoms with Crippen molar-refractivity contribution >= 4 is 17.8 Å². The summed E-state index contributed by atoms with van der Waals surface area (Å²) in [6.07, 6.45) is 5.90. The van der Waals surface area contributed by atoms with Crippen molar-refractivity contribution in [3.05, 3.63) is 95.1 Å². The number of benzene rings is 3. The van der Waals surface area contributed by atoms with Crippen molar-refractivity contribution in [1.82, 2.24) is 15.5 Å². The molecule has 2 aliphatic heterocycles. The second-order valence-electron chi connectivity index (χ2n) is 16.8. The van der Waals surface area contributed by atoms with Gasteiger partial charge in [0, 0.05) is 49.0 Å². The van der Waals surface area contributed by atoms with Gasteiger partial charge in [0.15, 0.2) is 6.29 Å². The standard InChI is InChI=1S/C45H59N3O7/c1-29-39(27-48-37-15-6-5-11-32(37)22-23-38(48)43(53)47-45(2,3)4)54-44(55-42(29)33-20-18-30(28-49)19-21-33)36-14-8-13-35(25-36)34-12-7-10-31(24-34)26-46-40(50)16-9-17-41(51)52/h7-8,10,12-14,18-21,24-25,29,32,37-39,42,44,49H,5-6,9,11,15-17,22-23,26-28H2,1-4H3,(H,46,50)(H,47,53)(H,51,52). The maximum atomic E-state index is 13.9. The van der Waals surface area contributed by atoms with Crippen molar-refractivity contribution in [3.63, 3.8) is 0 Å². The number of piperidine rings is 1. The van der Waals surface area contributed by atoms with Crippen molar-refractivity contribution < 1.29 is 34.1 Å². The number of likely N-dealkylation sites (tertiary alicyclic amines) is 1. The topological polar surface area (TPSA) is 137 Å². The summed E-state index contributed by atoms with van der Waals surface area (Å²) < 4.78 is 13.9. The lowest BCUT2D eigenvalue weighted by Crippen LogP contribution is -2.61. The third-order valence-electron chi connectivity index (χ3n) is 11.5. The number of aliphatic hydroxyl groups excluding tert-OH is 1. The zero-order valence-corrected chi connectivity index (χ0v) is 32.8. The number of rotatable bonds is 13. The summed E-state index contributed by atoms with van der Waals surface area (Å²) in [7, 11) is 0. The molecule has 0 aromatic heterocycles. The van der Waals surface area contributed by atoms with Crippen LogP contribution in [-0.4, -0.2) is 63.2 Å². The first-order valence-corrected chi connectivity index (χ1v) is 20.1. The van der Waals surface area contributed by atoms with Gasteiger partial charge in [0.05, 0.1) is 24.9 Å². The lowest BCUT2D eigenvalue weighted by Gasteiger charge is -2.51. The summed E-state index contributed by atoms with van der Waals surface area (Å²) in [4.78, 5) is 39.5. The maximum absolute atomic E-state index is 13.9. The second kappa shape index (κ2) is 18.2. The van der Waals surface area contributed by atoms with Gasteiger partial charge in [-0.15, -0.1) is 0 Å². The predicted octanol–water partition coefficient (Wildman–Crippen LogP) is 7.45. The average Bonchev–Trinajstić information content (AvgIpc) is 3.17. The monoisotopic (exact) mass is 753 g/mol. The molecule has 1 saturated carbocycles. The highest BCUT2D eigenvalue weighted by molar-refractivity contribution is 5.82. The molecule has 55 heavy (non-hydrogen) atoms. The highest BCUT2D eigenvalue weighted by atomic mass is 16.7. The Morgan fingerprint density at radius 2 is 1.56 bits per heavy atom. The van der Waals surface area contributed by atoms with Crippen LogP contribution in [0.4, 0.5) is 0 Å². The number of ether oxygens (including phenoxy) is 2. The molecule has 2 saturated heterocycles. The lowest BCUT2D eigenvalue weighted by molar-refractivity contribution is -0.278. The van der Waals surface area contributed by atoms with Crippen LogP contribution in [0.5, 0.6) is 0 Å². The number of carbonyl (C=O) groups excluding carboxylic acids is 2. The van der Waals surface area contributed by atoms with Crippen molar-refractivity contribution in [3.8, 4) is 11.1 Å². The van der Waals surface area contributed by atoms with Gasteiger partial charge in [-0.2, -0.15) is 0 Å². The number of hydrogen-bond donors (Lipinski definition) is 4. The number of carboxylic acid groups (broad SMARTS) is 1. The molecule has 296 valence electrons. The molecular formula is C45H59N3O7. The van der Waals surface area contributed by atoms with Gasteiger partial charge in [0.25, 0.3) is 0 Å². The van der Waals surface area contributed by atoms with Crippen molar-refractivity contribution in [2.45, 2.75) is 135 Å². The van der Waals surface area contributed by atoms with Gasteiger partial charge in [0.1, 0.15) is 0 Å². The molecule has 2 heterocycles. The number of amides is 2. The highest BCUT2D eigenvalue weighted by Crippen LogP contribution is 2.45. The molecular weight excluding hydrogens is 695 g/mol. The minimum absolute atomic E-state index is 0.0225. The van der Waals surface area contributed by atoms with Crippen molar-refractivity contribution in [2.24, 2.45) is 11.8 Å². The number of fused-ring (bicyclic) bond motifs is 1. The zero-order valence-electron chi connectivity index (χ0n) is 32.8. The SMILES string of the molecule is CC1C(CN2C(C(=O)NC(C)(C)C)CCC3CCCCC32)OC(c2cccc(-c3cccc(CNC(=O)CCCC(=O)O)c3)c2)OC1c1ccc(CO)cc1. The Kier molecular flexibility index (Phi) is 13.5. The van der Waals surface area contributed by atoms with Crippen molar-refractivity contribution in [1.29, 1.82) is 0 Å². The summed E-state index contributed by atoms with van der Waals surface area (Å²) >= 11 is 0. The Bertz CT molecular complexity index is 1770. The van der Waals surface area contributed by atoms with Crippen LogP contribution in [0.1, 0.15) is 120 Å². The molecule has 1 aliphatic carbocycles. The highest BCUT2D eigenvalue weighted by Gasteiger charge is 2.46. The van der Waals surface area contributed by atoms with Crippen LogP contribution in [-0.2, 0) is 37.0 Å². The van der Waals surface area contributed by atoms with Crippen LogP contribution in [0.3, 0.4) is 0 Å². The largest absolute Gasteiger partial charge is 0.481 e. The number of carbonyl (C=O) groups is 3. The molecule has 2 amide bonds. The molecule has 0 spiro atoms. The van der Waals surface area contributed by atoms with Crippen LogP contribution in [0.15, 0.2) is 72.8 Å². The van der Waals surface area contributed by atoms with Crippen LogP contribution in [0.25, 0.3) is 11.1 Å². The number of nitrogens with one attached hydrogen (secondary N) is 2. The Balaban J connectivity index is 1.26. The molecule has 6 rings (SSSR count). The molecule has 7 unspecified atom stereocenters. The van der Waals surface area contributed by atoms with E-state index in [4.69, 9.17) is 14.6 Å². The molecule has 0 bridgehead atoms. The summed E-state index contributed by atoms with van der Waals surface area (Å²) in [5.41, 5.74) is 5.33. The Labute approximate surface area is 326 Å². The number of carboxylic acids is 1. The van der Waals surface area contributed by atoms with Gasteiger partial charge in [-0.1, -0.05) is 80.4 Å². The van der Waals surface area contributed by atoms with Crippen LogP contribution in [0.2, 0.25) is 0 Å². The van der Waals surface area contributed by atoms with E-state index in [1.54, 1.807) is 0 Å². The van der Waals surface area contributed by atoms with Gasteiger partial charge < -0.3 is 30.3 Å². The fraction of sp³-hybridized carbons (Fsp3) is 0.533. The molecule has 3 fully saturated rings. The fourth-order valence-electron chi connectivity index (χ4n) is 8.68. The lowest BCUT2D eigenvalue weighted by atomic mass is 9.75. The van der Waals surface area contributed by atoms with Gasteiger partial charge in [0.2, 0.25) is 11.8 Å². The quantitative estimate of drug-likeness (QED) is 0.141. The van der Waals surface area contributed by atoms with Crippen LogP contribution < -0.4 is 10.6 Å². The number of hydrogen-bond acceptors (Lipinski definition) is 7. The third-order valence-corrected chi connectivity index (χ3v) is 11.5. The molecule has 3 aromatic rings. The molecule has 4 N–H and O–H groups in total. The van der Waals surface area contributed by atoms with E-state index in [-0.39, 0.29) is 61.0 Å². The predicted molar refractivity (Wildman–Crippen MR) is 212 cm³/mol. The van der Waals surface area contributed by atoms with Gasteiger partial charge >= 0.3 is 5.97 Å². The van der Waals surface area contributed by atoms with E-state index < -0.39 is 12.3 Å². The number of nitrogens with zero attached hydrogens (tertiary/aromatic N) is 1. The third kappa shape index (κ3) is 10.6. The van der Waals surface area contributed by atoms with Crippen LogP contribution >= 0.6 is 0 Å². The zero-order chi connectivity index (χ0) is 39.1. The summed E-state index contributed by atoms with van der Waals surface area (Å²) in [6, 6.07) is 24.3. The molecule has 10 heteroatoms. The normalized spacial score (nSPS) is 25.8. The molecule has 0 radical (unpaired) electrons. The fourth-order valence-corrected chi connectivity index (χ4v) is 8.68. The first-order valence-electron chi connectivity index (χ1n) is 20.1. The number of aliphatic carboxylic acids is 1. The van der Waals surface area contributed by atoms with E-state index in [0.717, 1.165) is 52.6 Å². The minimum atomic E-state index is -0.905. The van der Waals surface area contributed by atoms with E-state index in [9.17, 15) is 19.5 Å². The van der Waals surface area contributed by atoms with E-state index >= 15 is 0 Å². The second-order valence-corrected chi connectivity index (χ2v) is 16.8. The Morgan fingerprint density at radius 1 is 0.836 bits per heavy atom. The molecule has 3 aliphatic rings. The van der Waals surface area contributed by atoms with Gasteiger partial charge in [-0.05, 0) is 98.7 Å². The molecule has 7 atom stereocenters. The van der Waals surface area contributed by atoms with Gasteiger partial charge in [-0.3, -0.25) is 19.3 Å². The minimum Gasteiger partial charge on any atom is -0.481 e. The number of aliphatic hydroxyl groups is 1.